The number of carboxylic acids is 1. The number of hydrogen-bond donors (Lipinski definition) is 4. The third-order valence-electron chi connectivity index (χ3n) is 5.13. The molecule has 30 heavy (non-hydrogen) atoms. The Hall–Kier alpha value is -2.77. The smallest absolute Gasteiger partial charge is 0.315 e. The molecule has 2 amide bonds. The van der Waals surface area contributed by atoms with Crippen LogP contribution in [0.1, 0.15) is 40.4 Å². The third-order valence-corrected chi connectivity index (χ3v) is 5.85. The van der Waals surface area contributed by atoms with Crippen LogP contribution in [0.4, 0.5) is 10.5 Å². The number of benzene rings is 2. The highest BCUT2D eigenvalue weighted by Crippen LogP contribution is 2.32. The summed E-state index contributed by atoms with van der Waals surface area (Å²) in [7, 11) is 0. The van der Waals surface area contributed by atoms with E-state index < -0.39 is 23.7 Å². The van der Waals surface area contributed by atoms with Crippen LogP contribution in [0.5, 0.6) is 0 Å². The average molecular weight is 450 g/mol. The molecule has 5 N–H and O–H groups in total. The maximum absolute atomic E-state index is 12.6. The normalized spacial score (nSPS) is 15.9. The van der Waals surface area contributed by atoms with Crippen LogP contribution >= 0.6 is 23.2 Å². The largest absolute Gasteiger partial charge is 0.481 e. The Labute approximate surface area is 183 Å². The van der Waals surface area contributed by atoms with Gasteiger partial charge in [0, 0.05) is 13.0 Å². The van der Waals surface area contributed by atoms with Crippen LogP contribution in [-0.2, 0) is 11.2 Å². The number of fused-ring (bicyclic) bond motifs is 1. The summed E-state index contributed by atoms with van der Waals surface area (Å²) in [5, 5.41) is 15.0. The summed E-state index contributed by atoms with van der Waals surface area (Å²) in [6.45, 7) is -0.223. The molecule has 0 bridgehead atoms. The zero-order valence-electron chi connectivity index (χ0n) is 16.0. The molecule has 9 heteroatoms. The van der Waals surface area contributed by atoms with Gasteiger partial charge in [0.2, 0.25) is 0 Å². The molecular weight excluding hydrogens is 429 g/mol. The Morgan fingerprint density at radius 3 is 2.63 bits per heavy atom. The fourth-order valence-corrected chi connectivity index (χ4v) is 4.11. The average Bonchev–Trinajstić information content (AvgIpc) is 3.11. The van der Waals surface area contributed by atoms with Gasteiger partial charge in [-0.15, -0.1) is 0 Å². The number of aryl methyl sites for hydroxylation is 1. The van der Waals surface area contributed by atoms with E-state index in [1.807, 2.05) is 24.3 Å². The van der Waals surface area contributed by atoms with Gasteiger partial charge in [0.05, 0.1) is 33.3 Å². The van der Waals surface area contributed by atoms with E-state index in [9.17, 15) is 19.5 Å². The molecule has 0 unspecified atom stereocenters. The fourth-order valence-electron chi connectivity index (χ4n) is 3.53. The predicted molar refractivity (Wildman–Crippen MR) is 115 cm³/mol. The first kappa shape index (κ1) is 21.9. The maximum Gasteiger partial charge on any atom is 0.315 e. The summed E-state index contributed by atoms with van der Waals surface area (Å²) in [6.07, 6.45) is 1.26. The van der Waals surface area contributed by atoms with Gasteiger partial charge >= 0.3 is 12.0 Å². The molecule has 2 aromatic rings. The predicted octanol–water partition coefficient (Wildman–Crippen LogP) is 3.84. The Morgan fingerprint density at radius 2 is 1.90 bits per heavy atom. The second-order valence-electron chi connectivity index (χ2n) is 7.13. The number of nitrogens with one attached hydrogen (secondary N) is 2. The monoisotopic (exact) mass is 449 g/mol. The number of carbonyl (C=O) groups excluding carboxylic acids is 2. The van der Waals surface area contributed by atoms with Crippen molar-refractivity contribution in [1.82, 2.24) is 10.6 Å². The minimum absolute atomic E-state index is 0.0118. The van der Waals surface area contributed by atoms with E-state index in [-0.39, 0.29) is 40.3 Å². The zero-order valence-corrected chi connectivity index (χ0v) is 17.5. The number of carboxylic acid groups (broad SMARTS) is 1. The minimum atomic E-state index is -1.22. The molecule has 2 aromatic carbocycles. The number of hydrogen-bond acceptors (Lipinski definition) is 4. The molecule has 1 aliphatic rings. The first-order chi connectivity index (χ1) is 14.3. The van der Waals surface area contributed by atoms with E-state index >= 15 is 0 Å². The molecule has 0 saturated heterocycles. The number of nitrogens with two attached hydrogens (primary N) is 1. The summed E-state index contributed by atoms with van der Waals surface area (Å²) in [4.78, 5) is 36.5. The summed E-state index contributed by atoms with van der Waals surface area (Å²) >= 11 is 12.1. The van der Waals surface area contributed by atoms with E-state index in [4.69, 9.17) is 28.9 Å². The van der Waals surface area contributed by atoms with Gasteiger partial charge in [-0.3, -0.25) is 9.59 Å². The standard InChI is InChI=1S/C21H21Cl2N3O4/c22-14-6-7-15(24)19(23)18(14)17(27)9-12(20(28)29)10-25-21(30)26-16-8-5-11-3-1-2-4-13(11)16/h1-4,6-7,12,16H,5,8-10,24H2,(H,28,29)(H2,25,26,30)/t12-,16+/m0/s1. The topological polar surface area (TPSA) is 122 Å². The molecule has 158 valence electrons. The molecule has 0 fully saturated rings. The molecule has 0 saturated carbocycles. The number of anilines is 1. The van der Waals surface area contributed by atoms with Gasteiger partial charge in [0.1, 0.15) is 0 Å². The van der Waals surface area contributed by atoms with Gasteiger partial charge in [0.15, 0.2) is 5.78 Å². The number of halogens is 2. The lowest BCUT2D eigenvalue weighted by atomic mass is 9.97. The lowest BCUT2D eigenvalue weighted by Crippen LogP contribution is -2.41. The molecular formula is C21H21Cl2N3O4. The van der Waals surface area contributed by atoms with Crippen molar-refractivity contribution in [3.8, 4) is 0 Å². The number of carbonyl (C=O) groups is 3. The lowest BCUT2D eigenvalue weighted by molar-refractivity contribution is -0.141. The van der Waals surface area contributed by atoms with Crippen molar-refractivity contribution in [2.75, 3.05) is 12.3 Å². The number of ketones is 1. The van der Waals surface area contributed by atoms with Crippen molar-refractivity contribution >= 4 is 46.7 Å². The minimum Gasteiger partial charge on any atom is -0.481 e. The Balaban J connectivity index is 1.60. The van der Waals surface area contributed by atoms with E-state index in [2.05, 4.69) is 10.6 Å². The molecule has 0 spiro atoms. The van der Waals surface area contributed by atoms with Crippen molar-refractivity contribution in [2.45, 2.75) is 25.3 Å². The molecule has 7 nitrogen and oxygen atoms in total. The quantitative estimate of drug-likeness (QED) is 0.377. The number of urea groups is 1. The van der Waals surface area contributed by atoms with Gasteiger partial charge < -0.3 is 21.5 Å². The van der Waals surface area contributed by atoms with Crippen LogP contribution in [0.3, 0.4) is 0 Å². The lowest BCUT2D eigenvalue weighted by Gasteiger charge is -2.17. The van der Waals surface area contributed by atoms with Crippen LogP contribution in [0.15, 0.2) is 36.4 Å². The number of amides is 2. The maximum atomic E-state index is 12.6. The van der Waals surface area contributed by atoms with Crippen molar-refractivity contribution < 1.29 is 19.5 Å². The van der Waals surface area contributed by atoms with Gasteiger partial charge in [-0.2, -0.15) is 0 Å². The molecule has 0 heterocycles. The van der Waals surface area contributed by atoms with Gasteiger partial charge in [-0.1, -0.05) is 47.5 Å². The highest BCUT2D eigenvalue weighted by Gasteiger charge is 2.27. The fraction of sp³-hybridized carbons (Fsp3) is 0.286. The van der Waals surface area contributed by atoms with Crippen molar-refractivity contribution in [3.05, 3.63) is 63.1 Å². The second kappa shape index (κ2) is 9.36. The molecule has 0 aliphatic heterocycles. The van der Waals surface area contributed by atoms with Crippen molar-refractivity contribution in [1.29, 1.82) is 0 Å². The molecule has 3 rings (SSSR count). The van der Waals surface area contributed by atoms with Crippen LogP contribution in [0.2, 0.25) is 10.0 Å². The third kappa shape index (κ3) is 4.86. The summed E-state index contributed by atoms with van der Waals surface area (Å²) in [5.41, 5.74) is 8.11. The summed E-state index contributed by atoms with van der Waals surface area (Å²) in [6, 6.07) is 10.1. The van der Waals surface area contributed by atoms with Crippen LogP contribution in [0.25, 0.3) is 0 Å². The summed E-state index contributed by atoms with van der Waals surface area (Å²) < 4.78 is 0. The highest BCUT2D eigenvalue weighted by molar-refractivity contribution is 6.41. The van der Waals surface area contributed by atoms with E-state index in [0.29, 0.717) is 0 Å². The van der Waals surface area contributed by atoms with Crippen LogP contribution < -0.4 is 16.4 Å². The number of Topliss-reactive ketones (excluding diaryl/α,β-unsaturated/α-hetero) is 1. The Kier molecular flexibility index (Phi) is 6.84. The van der Waals surface area contributed by atoms with E-state index in [1.165, 1.54) is 17.7 Å². The van der Waals surface area contributed by atoms with Crippen LogP contribution in [0, 0.1) is 5.92 Å². The SMILES string of the molecule is Nc1ccc(Cl)c(C(=O)C[C@@H](CNC(=O)N[C@@H]2CCc3ccccc32)C(=O)O)c1Cl. The molecule has 2 atom stereocenters. The first-order valence-corrected chi connectivity index (χ1v) is 10.1. The van der Waals surface area contributed by atoms with Gasteiger partial charge in [-0.25, -0.2) is 4.79 Å². The highest BCUT2D eigenvalue weighted by atomic mass is 35.5. The number of aliphatic carboxylic acids is 1. The molecule has 1 aliphatic carbocycles. The zero-order chi connectivity index (χ0) is 21.8. The van der Waals surface area contributed by atoms with Crippen molar-refractivity contribution in [3.63, 3.8) is 0 Å². The van der Waals surface area contributed by atoms with Gasteiger partial charge in [0.25, 0.3) is 0 Å². The number of rotatable bonds is 7. The second-order valence-corrected chi connectivity index (χ2v) is 7.92. The first-order valence-electron chi connectivity index (χ1n) is 9.39. The van der Waals surface area contributed by atoms with E-state index in [1.54, 1.807) is 0 Å². The Bertz CT molecular complexity index is 996. The van der Waals surface area contributed by atoms with Crippen LogP contribution in [-0.4, -0.2) is 29.4 Å². The molecule has 0 radical (unpaired) electrons. The molecule has 0 aromatic heterocycles. The summed E-state index contributed by atoms with van der Waals surface area (Å²) in [5.74, 6) is -2.92. The van der Waals surface area contributed by atoms with Crippen molar-refractivity contribution in [2.24, 2.45) is 5.92 Å². The van der Waals surface area contributed by atoms with E-state index in [0.717, 1.165) is 18.4 Å². The number of nitrogen functional groups attached to an aromatic ring is 1. The Morgan fingerprint density at radius 1 is 1.17 bits per heavy atom. The van der Waals surface area contributed by atoms with Gasteiger partial charge in [-0.05, 0) is 36.1 Å².